The molecule has 0 saturated carbocycles. The number of hydrogen-bond acceptors (Lipinski definition) is 1. The van der Waals surface area contributed by atoms with Crippen LogP contribution in [-0.2, 0) is 4.74 Å². The summed E-state index contributed by atoms with van der Waals surface area (Å²) < 4.78 is 6.25. The van der Waals surface area contributed by atoms with Gasteiger partial charge in [-0.05, 0) is 75.0 Å². The van der Waals surface area contributed by atoms with Gasteiger partial charge in [-0.15, -0.1) is 0 Å². The van der Waals surface area contributed by atoms with Crippen molar-refractivity contribution in [2.24, 2.45) is 10.8 Å². The summed E-state index contributed by atoms with van der Waals surface area (Å²) in [5, 5.41) is 0. The predicted octanol–water partition coefficient (Wildman–Crippen LogP) is 11.7. The molecule has 0 aromatic heterocycles. The van der Waals surface area contributed by atoms with Crippen LogP contribution < -0.4 is 0 Å². The maximum absolute atomic E-state index is 6.25. The normalized spacial score (nSPS) is 12.5. The second kappa shape index (κ2) is 22.4. The Labute approximate surface area is 211 Å². The zero-order valence-corrected chi connectivity index (χ0v) is 24.4. The average molecular weight is 467 g/mol. The number of unbranched alkanes of at least 4 members (excludes halogenated alkanes) is 6. The summed E-state index contributed by atoms with van der Waals surface area (Å²) in [4.78, 5) is 0. The lowest BCUT2D eigenvalue weighted by molar-refractivity contribution is 0.0879. The second-order valence-corrected chi connectivity index (χ2v) is 11.4. The van der Waals surface area contributed by atoms with Crippen molar-refractivity contribution in [3.63, 3.8) is 0 Å². The zero-order valence-electron chi connectivity index (χ0n) is 24.4. The minimum Gasteiger partial charge on any atom is -0.381 e. The van der Waals surface area contributed by atoms with Crippen molar-refractivity contribution in [2.45, 2.75) is 183 Å². The maximum Gasteiger partial charge on any atom is 0.0466 e. The SMILES string of the molecule is CCCCC(CCCC)(CCCC)CCCOCCCC(CCCC)(CCCC)CCCC. The van der Waals surface area contributed by atoms with E-state index in [1.54, 1.807) is 0 Å². The molecular weight excluding hydrogens is 400 g/mol. The van der Waals surface area contributed by atoms with E-state index >= 15 is 0 Å². The smallest absolute Gasteiger partial charge is 0.0466 e. The monoisotopic (exact) mass is 467 g/mol. The van der Waals surface area contributed by atoms with Crippen LogP contribution in [-0.4, -0.2) is 13.2 Å². The largest absolute Gasteiger partial charge is 0.381 e. The molecule has 33 heavy (non-hydrogen) atoms. The van der Waals surface area contributed by atoms with Gasteiger partial charge in [0.15, 0.2) is 0 Å². The predicted molar refractivity (Wildman–Crippen MR) is 151 cm³/mol. The highest BCUT2D eigenvalue weighted by atomic mass is 16.5. The molecule has 0 aliphatic rings. The van der Waals surface area contributed by atoms with E-state index in [2.05, 4.69) is 41.5 Å². The van der Waals surface area contributed by atoms with E-state index in [1.165, 1.54) is 141 Å². The number of hydrogen-bond donors (Lipinski definition) is 0. The lowest BCUT2D eigenvalue weighted by atomic mass is 9.71. The molecule has 0 fully saturated rings. The van der Waals surface area contributed by atoms with Crippen LogP contribution in [0.25, 0.3) is 0 Å². The fraction of sp³-hybridized carbons (Fsp3) is 1.00. The molecule has 1 heteroatoms. The van der Waals surface area contributed by atoms with Gasteiger partial charge in [-0.1, -0.05) is 119 Å². The van der Waals surface area contributed by atoms with Gasteiger partial charge < -0.3 is 4.74 Å². The molecule has 0 N–H and O–H groups in total. The highest BCUT2D eigenvalue weighted by molar-refractivity contribution is 4.81. The first kappa shape index (κ1) is 33.0. The molecule has 0 atom stereocenters. The molecule has 0 heterocycles. The summed E-state index contributed by atoms with van der Waals surface area (Å²) >= 11 is 0. The topological polar surface area (TPSA) is 9.23 Å². The van der Waals surface area contributed by atoms with Crippen molar-refractivity contribution in [1.29, 1.82) is 0 Å². The molecular formula is C32H66O. The molecule has 0 rings (SSSR count). The third-order valence-electron chi connectivity index (χ3n) is 8.36. The highest BCUT2D eigenvalue weighted by Gasteiger charge is 2.29. The highest BCUT2D eigenvalue weighted by Crippen LogP contribution is 2.42. The number of ether oxygens (including phenoxy) is 1. The first-order chi connectivity index (χ1) is 16.1. The lowest BCUT2D eigenvalue weighted by Crippen LogP contribution is -2.23. The Morgan fingerprint density at radius 3 is 0.758 bits per heavy atom. The van der Waals surface area contributed by atoms with E-state index in [0.29, 0.717) is 10.8 Å². The van der Waals surface area contributed by atoms with Crippen molar-refractivity contribution in [3.05, 3.63) is 0 Å². The van der Waals surface area contributed by atoms with Gasteiger partial charge in [0.1, 0.15) is 0 Å². The van der Waals surface area contributed by atoms with E-state index < -0.39 is 0 Å². The van der Waals surface area contributed by atoms with Gasteiger partial charge in [-0.25, -0.2) is 0 Å². The van der Waals surface area contributed by atoms with Gasteiger partial charge in [-0.3, -0.25) is 0 Å². The van der Waals surface area contributed by atoms with Crippen LogP contribution in [0.15, 0.2) is 0 Å². The average Bonchev–Trinajstić information content (AvgIpc) is 2.84. The van der Waals surface area contributed by atoms with Gasteiger partial charge in [-0.2, -0.15) is 0 Å². The summed E-state index contributed by atoms with van der Waals surface area (Å²) in [6, 6.07) is 0. The Bertz CT molecular complexity index is 308. The van der Waals surface area contributed by atoms with Gasteiger partial charge in [0, 0.05) is 13.2 Å². The lowest BCUT2D eigenvalue weighted by Gasteiger charge is -2.35. The Morgan fingerprint density at radius 1 is 0.333 bits per heavy atom. The molecule has 0 bridgehead atoms. The van der Waals surface area contributed by atoms with E-state index in [0.717, 1.165) is 13.2 Å². The Hall–Kier alpha value is -0.0400. The first-order valence-corrected chi connectivity index (χ1v) is 15.6. The Kier molecular flexibility index (Phi) is 22.4. The quantitative estimate of drug-likeness (QED) is 0.115. The zero-order chi connectivity index (χ0) is 24.7. The third-order valence-corrected chi connectivity index (χ3v) is 8.36. The van der Waals surface area contributed by atoms with Crippen LogP contribution >= 0.6 is 0 Å². The van der Waals surface area contributed by atoms with E-state index in [9.17, 15) is 0 Å². The molecule has 200 valence electrons. The van der Waals surface area contributed by atoms with Crippen LogP contribution in [0.5, 0.6) is 0 Å². The Morgan fingerprint density at radius 2 is 0.545 bits per heavy atom. The van der Waals surface area contributed by atoms with E-state index in [-0.39, 0.29) is 0 Å². The van der Waals surface area contributed by atoms with Crippen LogP contribution in [0.2, 0.25) is 0 Å². The van der Waals surface area contributed by atoms with Gasteiger partial charge in [0.2, 0.25) is 0 Å². The van der Waals surface area contributed by atoms with E-state index in [4.69, 9.17) is 4.74 Å². The van der Waals surface area contributed by atoms with Crippen LogP contribution in [0.1, 0.15) is 183 Å². The summed E-state index contributed by atoms with van der Waals surface area (Å²) in [6.07, 6.45) is 30.4. The van der Waals surface area contributed by atoms with Crippen molar-refractivity contribution in [2.75, 3.05) is 13.2 Å². The molecule has 0 aliphatic carbocycles. The van der Waals surface area contributed by atoms with Crippen molar-refractivity contribution >= 4 is 0 Å². The summed E-state index contributed by atoms with van der Waals surface area (Å²) in [6.45, 7) is 16.1. The van der Waals surface area contributed by atoms with E-state index in [1.807, 2.05) is 0 Å². The molecule has 0 aliphatic heterocycles. The second-order valence-electron chi connectivity index (χ2n) is 11.4. The van der Waals surface area contributed by atoms with Crippen molar-refractivity contribution in [3.8, 4) is 0 Å². The van der Waals surface area contributed by atoms with Gasteiger partial charge in [0.25, 0.3) is 0 Å². The summed E-state index contributed by atoms with van der Waals surface area (Å²) in [5.41, 5.74) is 1.20. The van der Waals surface area contributed by atoms with Crippen molar-refractivity contribution < 1.29 is 4.74 Å². The van der Waals surface area contributed by atoms with Crippen LogP contribution in [0.4, 0.5) is 0 Å². The first-order valence-electron chi connectivity index (χ1n) is 15.6. The summed E-state index contributed by atoms with van der Waals surface area (Å²) in [5.74, 6) is 0. The third kappa shape index (κ3) is 16.3. The molecule has 0 saturated heterocycles. The number of rotatable bonds is 26. The fourth-order valence-electron chi connectivity index (χ4n) is 6.01. The Balaban J connectivity index is 4.60. The van der Waals surface area contributed by atoms with Gasteiger partial charge >= 0.3 is 0 Å². The minimum absolute atomic E-state index is 0.598. The van der Waals surface area contributed by atoms with Crippen molar-refractivity contribution in [1.82, 2.24) is 0 Å². The standard InChI is InChI=1S/C32H66O/c1-7-13-21-31(22-14-8-2,23-15-9-3)27-19-29-33-30-20-28-32(24-16-10-4,25-17-11-5)26-18-12-6/h7-30H2,1-6H3. The van der Waals surface area contributed by atoms with Gasteiger partial charge in [0.05, 0.1) is 0 Å². The molecule has 0 amide bonds. The van der Waals surface area contributed by atoms with Crippen LogP contribution in [0.3, 0.4) is 0 Å². The fourth-order valence-corrected chi connectivity index (χ4v) is 6.01. The molecule has 0 aromatic carbocycles. The minimum atomic E-state index is 0.598. The van der Waals surface area contributed by atoms with Crippen LogP contribution in [0, 0.1) is 10.8 Å². The molecule has 0 radical (unpaired) electrons. The maximum atomic E-state index is 6.25. The molecule has 0 unspecified atom stereocenters. The molecule has 0 aromatic rings. The molecule has 1 nitrogen and oxygen atoms in total. The summed E-state index contributed by atoms with van der Waals surface area (Å²) in [7, 11) is 0. The molecule has 0 spiro atoms.